The molecule has 1 aliphatic carbocycles. The molecule has 0 radical (unpaired) electrons. The Morgan fingerprint density at radius 3 is 2.86 bits per heavy atom. The first-order valence-corrected chi connectivity index (χ1v) is 8.14. The first-order valence-electron chi connectivity index (χ1n) is 6.66. The van der Waals surface area contributed by atoms with Crippen LogP contribution >= 0.6 is 0 Å². The lowest BCUT2D eigenvalue weighted by Crippen LogP contribution is -2.16. The molecule has 7 heteroatoms. The van der Waals surface area contributed by atoms with Crippen LogP contribution in [0.25, 0.3) is 0 Å². The predicted molar refractivity (Wildman–Crippen MR) is 76.4 cm³/mol. The molecule has 0 aliphatic heterocycles. The van der Waals surface area contributed by atoms with Gasteiger partial charge >= 0.3 is 0 Å². The largest absolute Gasteiger partial charge is 0.380 e. The fourth-order valence-electron chi connectivity index (χ4n) is 2.23. The van der Waals surface area contributed by atoms with E-state index in [-0.39, 0.29) is 17.3 Å². The van der Waals surface area contributed by atoms with Crippen molar-refractivity contribution in [1.29, 1.82) is 0 Å². The van der Waals surface area contributed by atoms with Gasteiger partial charge in [0, 0.05) is 12.7 Å². The molecule has 21 heavy (non-hydrogen) atoms. The van der Waals surface area contributed by atoms with E-state index in [2.05, 4.69) is 9.88 Å². The number of hydrogen-bond donors (Lipinski definition) is 1. The lowest BCUT2D eigenvalue weighted by atomic mass is 10.2. The van der Waals surface area contributed by atoms with Gasteiger partial charge in [-0.1, -0.05) is 23.4 Å². The maximum atomic E-state index is 12.5. The zero-order valence-electron chi connectivity index (χ0n) is 11.6. The van der Waals surface area contributed by atoms with Gasteiger partial charge < -0.3 is 9.26 Å². The second-order valence-electron chi connectivity index (χ2n) is 5.04. The highest BCUT2D eigenvalue weighted by Crippen LogP contribution is 2.43. The Labute approximate surface area is 123 Å². The highest BCUT2D eigenvalue weighted by molar-refractivity contribution is 7.92. The summed E-state index contributed by atoms with van der Waals surface area (Å²) in [5, 5.41) is 3.77. The van der Waals surface area contributed by atoms with Crippen LogP contribution < -0.4 is 4.72 Å². The molecule has 1 fully saturated rings. The minimum atomic E-state index is -3.72. The molecule has 1 aromatic carbocycles. The number of aromatic nitrogens is 1. The quantitative estimate of drug-likeness (QED) is 0.886. The van der Waals surface area contributed by atoms with Crippen LogP contribution in [0.15, 0.2) is 39.9 Å². The van der Waals surface area contributed by atoms with E-state index >= 15 is 0 Å². The Morgan fingerprint density at radius 1 is 1.38 bits per heavy atom. The zero-order valence-corrected chi connectivity index (χ0v) is 12.4. The second-order valence-corrected chi connectivity index (χ2v) is 6.69. The van der Waals surface area contributed by atoms with Crippen molar-refractivity contribution in [3.05, 3.63) is 41.7 Å². The van der Waals surface area contributed by atoms with Crippen molar-refractivity contribution in [2.24, 2.45) is 0 Å². The number of nitrogens with zero attached hydrogens (tertiary/aromatic N) is 1. The lowest BCUT2D eigenvalue weighted by Gasteiger charge is -2.10. The highest BCUT2D eigenvalue weighted by atomic mass is 32.2. The smallest absolute Gasteiger partial charge is 0.263 e. The van der Waals surface area contributed by atoms with Gasteiger partial charge in [0.25, 0.3) is 10.0 Å². The molecular weight excluding hydrogens is 292 g/mol. The minimum absolute atomic E-state index is 0.191. The van der Waals surface area contributed by atoms with E-state index in [1.54, 1.807) is 24.3 Å². The van der Waals surface area contributed by atoms with Gasteiger partial charge in [-0.25, -0.2) is 8.42 Å². The van der Waals surface area contributed by atoms with Crippen LogP contribution in [-0.2, 0) is 21.4 Å². The summed E-state index contributed by atoms with van der Waals surface area (Å²) in [6, 6.07) is 6.73. The molecule has 1 saturated carbocycles. The summed E-state index contributed by atoms with van der Waals surface area (Å²) in [6.07, 6.45) is 3.59. The molecule has 0 atom stereocenters. The topological polar surface area (TPSA) is 81.4 Å². The average molecular weight is 308 g/mol. The van der Waals surface area contributed by atoms with Gasteiger partial charge in [-0.3, -0.25) is 4.72 Å². The first kappa shape index (κ1) is 14.1. The van der Waals surface area contributed by atoms with Crippen molar-refractivity contribution in [3.63, 3.8) is 0 Å². The molecule has 1 heterocycles. The fraction of sp³-hybridized carbons (Fsp3) is 0.357. The Kier molecular flexibility index (Phi) is 3.69. The summed E-state index contributed by atoms with van der Waals surface area (Å²) in [4.78, 5) is 0.191. The van der Waals surface area contributed by atoms with Crippen molar-refractivity contribution < 1.29 is 17.7 Å². The molecule has 0 spiro atoms. The van der Waals surface area contributed by atoms with Gasteiger partial charge in [0.15, 0.2) is 5.82 Å². The number of methoxy groups -OCH3 is 1. The van der Waals surface area contributed by atoms with Crippen LogP contribution in [0, 0.1) is 0 Å². The SMILES string of the molecule is COCc1ccccc1S(=O)(=O)Nc1nocc1C1CC1. The maximum Gasteiger partial charge on any atom is 0.263 e. The Balaban J connectivity index is 1.92. The molecule has 1 aliphatic rings. The number of rotatable bonds is 6. The number of ether oxygens (including phenoxy) is 1. The molecule has 0 amide bonds. The van der Waals surface area contributed by atoms with Crippen molar-refractivity contribution in [2.75, 3.05) is 11.8 Å². The third-order valence-corrected chi connectivity index (χ3v) is 4.85. The number of hydrogen-bond acceptors (Lipinski definition) is 5. The van der Waals surface area contributed by atoms with Crippen molar-refractivity contribution in [1.82, 2.24) is 5.16 Å². The first-order chi connectivity index (χ1) is 10.1. The van der Waals surface area contributed by atoms with Crippen LogP contribution in [0.5, 0.6) is 0 Å². The van der Waals surface area contributed by atoms with Crippen LogP contribution in [0.2, 0.25) is 0 Å². The third-order valence-electron chi connectivity index (χ3n) is 3.41. The van der Waals surface area contributed by atoms with Crippen LogP contribution in [0.3, 0.4) is 0 Å². The number of nitrogens with one attached hydrogen (secondary N) is 1. The van der Waals surface area contributed by atoms with Crippen LogP contribution in [0.4, 0.5) is 5.82 Å². The van der Waals surface area contributed by atoms with Crippen molar-refractivity contribution in [3.8, 4) is 0 Å². The summed E-state index contributed by atoms with van der Waals surface area (Å²) in [5.74, 6) is 0.632. The number of benzene rings is 1. The summed E-state index contributed by atoms with van der Waals surface area (Å²) in [6.45, 7) is 0.228. The normalized spacial score (nSPS) is 15.1. The van der Waals surface area contributed by atoms with E-state index in [9.17, 15) is 8.42 Å². The van der Waals surface area contributed by atoms with Crippen LogP contribution in [-0.4, -0.2) is 20.7 Å². The standard InChI is InChI=1S/C14H16N2O4S/c1-19-8-11-4-2-3-5-13(11)21(17,18)16-14-12(9-20-15-14)10-6-7-10/h2-5,9-10H,6-8H2,1H3,(H,15,16). The molecule has 6 nitrogen and oxygen atoms in total. The van der Waals surface area contributed by atoms with Gasteiger partial charge in [-0.15, -0.1) is 0 Å². The summed E-state index contributed by atoms with van der Waals surface area (Å²) in [7, 11) is -2.19. The lowest BCUT2D eigenvalue weighted by molar-refractivity contribution is 0.182. The molecule has 112 valence electrons. The van der Waals surface area contributed by atoms with Crippen molar-refractivity contribution in [2.45, 2.75) is 30.3 Å². The fourth-order valence-corrected chi connectivity index (χ4v) is 3.48. The minimum Gasteiger partial charge on any atom is -0.380 e. The molecule has 0 saturated heterocycles. The maximum absolute atomic E-state index is 12.5. The van der Waals surface area contributed by atoms with Gasteiger partial charge in [-0.2, -0.15) is 0 Å². The van der Waals surface area contributed by atoms with E-state index < -0.39 is 10.0 Å². The van der Waals surface area contributed by atoms with E-state index in [1.807, 2.05) is 0 Å². The molecule has 1 aromatic heterocycles. The second kappa shape index (κ2) is 5.50. The van der Waals surface area contributed by atoms with E-state index in [0.717, 1.165) is 18.4 Å². The summed E-state index contributed by atoms with van der Waals surface area (Å²) < 4.78 is 37.5. The molecular formula is C14H16N2O4S. The predicted octanol–water partition coefficient (Wildman–Crippen LogP) is 2.50. The Morgan fingerprint density at radius 2 is 2.14 bits per heavy atom. The van der Waals surface area contributed by atoms with Crippen molar-refractivity contribution >= 4 is 15.8 Å². The summed E-state index contributed by atoms with van der Waals surface area (Å²) in [5.41, 5.74) is 1.42. The molecule has 0 unspecified atom stereocenters. The van der Waals surface area contributed by atoms with Gasteiger partial charge in [-0.05, 0) is 30.4 Å². The molecule has 2 aromatic rings. The third kappa shape index (κ3) is 2.93. The van der Waals surface area contributed by atoms with E-state index in [1.165, 1.54) is 13.4 Å². The summed E-state index contributed by atoms with van der Waals surface area (Å²) >= 11 is 0. The Hall–Kier alpha value is -1.86. The average Bonchev–Trinajstić information content (AvgIpc) is 3.20. The van der Waals surface area contributed by atoms with E-state index in [0.29, 0.717) is 11.5 Å². The van der Waals surface area contributed by atoms with Crippen LogP contribution in [0.1, 0.15) is 29.9 Å². The monoisotopic (exact) mass is 308 g/mol. The molecule has 0 bridgehead atoms. The Bertz CT molecular complexity index is 735. The molecule has 3 rings (SSSR count). The van der Waals surface area contributed by atoms with Gasteiger partial charge in [0.05, 0.1) is 11.5 Å². The highest BCUT2D eigenvalue weighted by Gasteiger charge is 2.30. The number of sulfonamides is 1. The number of anilines is 1. The van der Waals surface area contributed by atoms with Gasteiger partial charge in [0.1, 0.15) is 6.26 Å². The zero-order chi connectivity index (χ0) is 14.9. The van der Waals surface area contributed by atoms with Gasteiger partial charge in [0.2, 0.25) is 0 Å². The van der Waals surface area contributed by atoms with E-state index in [4.69, 9.17) is 9.26 Å². The molecule has 1 N–H and O–H groups in total.